The van der Waals surface area contributed by atoms with Crippen LogP contribution in [0.15, 0.2) is 191 Å². The van der Waals surface area contributed by atoms with Crippen molar-refractivity contribution in [1.82, 2.24) is 19.5 Å². The molecule has 6 nitrogen and oxygen atoms in total. The molecule has 8 aromatic carbocycles. The summed E-state index contributed by atoms with van der Waals surface area (Å²) < 4.78 is 15.5. The maximum Gasteiger partial charge on any atom is 0.167 e. The molecule has 6 heteroatoms. The highest BCUT2D eigenvalue weighted by molar-refractivity contribution is 6.15. The fourth-order valence-electron chi connectivity index (χ4n) is 8.46. The molecule has 0 saturated heterocycles. The number of furan rings is 2. The van der Waals surface area contributed by atoms with E-state index in [9.17, 15) is 0 Å². The smallest absolute Gasteiger partial charge is 0.167 e. The van der Waals surface area contributed by atoms with Gasteiger partial charge in [0, 0.05) is 38.1 Å². The van der Waals surface area contributed by atoms with Crippen LogP contribution in [0.3, 0.4) is 0 Å². The topological polar surface area (TPSA) is 69.9 Å². The largest absolute Gasteiger partial charge is 0.456 e. The van der Waals surface area contributed by atoms with Crippen molar-refractivity contribution in [3.63, 3.8) is 0 Å². The number of nitrogens with zero attached hydrogens (tertiary/aromatic N) is 4. The van der Waals surface area contributed by atoms with Gasteiger partial charge in [-0.15, -0.1) is 0 Å². The number of para-hydroxylation sites is 4. The van der Waals surface area contributed by atoms with E-state index in [1.807, 2.05) is 42.5 Å². The lowest BCUT2D eigenvalue weighted by Gasteiger charge is -2.10. The summed E-state index contributed by atoms with van der Waals surface area (Å²) in [6.45, 7) is 0. The maximum absolute atomic E-state index is 6.66. The van der Waals surface area contributed by atoms with Crippen LogP contribution in [0.25, 0.3) is 117 Å². The molecule has 4 heterocycles. The van der Waals surface area contributed by atoms with Crippen molar-refractivity contribution < 1.29 is 8.83 Å². The first kappa shape index (κ1) is 31.5. The van der Waals surface area contributed by atoms with Gasteiger partial charge < -0.3 is 13.4 Å². The normalized spacial score (nSPS) is 11.9. The summed E-state index contributed by atoms with van der Waals surface area (Å²) in [7, 11) is 0. The van der Waals surface area contributed by atoms with Crippen LogP contribution in [-0.4, -0.2) is 19.5 Å². The summed E-state index contributed by atoms with van der Waals surface area (Å²) in [5.41, 5.74) is 11.2. The molecule has 0 spiro atoms. The molecule has 0 atom stereocenters. The van der Waals surface area contributed by atoms with Crippen molar-refractivity contribution in [2.45, 2.75) is 0 Å². The number of hydrogen-bond donors (Lipinski definition) is 0. The van der Waals surface area contributed by atoms with Crippen molar-refractivity contribution in [3.8, 4) is 51.0 Å². The number of hydrogen-bond acceptors (Lipinski definition) is 5. The molecular weight excluding hydrogens is 701 g/mol. The number of aromatic nitrogens is 4. The van der Waals surface area contributed by atoms with Gasteiger partial charge in [0.2, 0.25) is 0 Å². The molecule has 0 aliphatic heterocycles. The predicted octanol–water partition coefficient (Wildman–Crippen LogP) is 13.4. The third-order valence-corrected chi connectivity index (χ3v) is 11.1. The Labute approximate surface area is 325 Å². The first-order valence-corrected chi connectivity index (χ1v) is 19.0. The molecule has 12 rings (SSSR count). The average molecular weight is 731 g/mol. The van der Waals surface area contributed by atoms with Crippen LogP contribution >= 0.6 is 0 Å². The second-order valence-corrected chi connectivity index (χ2v) is 14.4. The van der Waals surface area contributed by atoms with Crippen LogP contribution in [0.1, 0.15) is 0 Å². The fraction of sp³-hybridized carbons (Fsp3) is 0. The number of fused-ring (bicyclic) bond motifs is 9. The lowest BCUT2D eigenvalue weighted by molar-refractivity contribution is 0.668. The molecule has 266 valence electrons. The fourth-order valence-corrected chi connectivity index (χ4v) is 8.46. The third-order valence-electron chi connectivity index (χ3n) is 11.1. The first-order chi connectivity index (χ1) is 28.2. The highest BCUT2D eigenvalue weighted by atomic mass is 16.3. The Morgan fingerprint density at radius 1 is 0.351 bits per heavy atom. The van der Waals surface area contributed by atoms with Gasteiger partial charge >= 0.3 is 0 Å². The molecule has 0 N–H and O–H groups in total. The third kappa shape index (κ3) is 4.94. The Hall–Kier alpha value is -7.83. The minimum atomic E-state index is 0.531. The molecule has 12 aromatic rings. The van der Waals surface area contributed by atoms with Gasteiger partial charge in [-0.05, 0) is 65.7 Å². The lowest BCUT2D eigenvalue weighted by atomic mass is 10.0. The highest BCUT2D eigenvalue weighted by Gasteiger charge is 2.21. The van der Waals surface area contributed by atoms with Crippen LogP contribution in [0, 0.1) is 0 Å². The summed E-state index contributed by atoms with van der Waals surface area (Å²) in [6, 6.07) is 62.7. The summed E-state index contributed by atoms with van der Waals surface area (Å²) in [6.07, 6.45) is 0. The molecule has 0 aliphatic rings. The van der Waals surface area contributed by atoms with Crippen molar-refractivity contribution >= 4 is 65.7 Å². The van der Waals surface area contributed by atoms with E-state index in [1.54, 1.807) is 0 Å². The van der Waals surface area contributed by atoms with E-state index in [0.717, 1.165) is 88.4 Å². The molecule has 0 unspecified atom stereocenters. The number of rotatable bonds is 5. The number of benzene rings is 8. The van der Waals surface area contributed by atoms with E-state index in [1.165, 1.54) is 10.8 Å². The molecule has 4 aromatic heterocycles. The maximum atomic E-state index is 6.66. The van der Waals surface area contributed by atoms with E-state index < -0.39 is 0 Å². The molecular formula is C51H30N4O2. The van der Waals surface area contributed by atoms with E-state index in [0.29, 0.717) is 17.5 Å². The zero-order valence-electron chi connectivity index (χ0n) is 30.4. The Morgan fingerprint density at radius 2 is 0.947 bits per heavy atom. The zero-order chi connectivity index (χ0) is 37.5. The second kappa shape index (κ2) is 12.3. The van der Waals surface area contributed by atoms with E-state index in [2.05, 4.69) is 144 Å². The Balaban J connectivity index is 1.06. The van der Waals surface area contributed by atoms with Crippen LogP contribution in [-0.2, 0) is 0 Å². The van der Waals surface area contributed by atoms with Gasteiger partial charge in [0.05, 0.1) is 27.7 Å². The van der Waals surface area contributed by atoms with Gasteiger partial charge in [0.15, 0.2) is 17.5 Å². The van der Waals surface area contributed by atoms with Gasteiger partial charge in [-0.25, -0.2) is 15.0 Å². The molecule has 0 bridgehead atoms. The second-order valence-electron chi connectivity index (χ2n) is 14.4. The Bertz CT molecular complexity index is 3490. The average Bonchev–Trinajstić information content (AvgIpc) is 3.96. The van der Waals surface area contributed by atoms with Crippen LogP contribution in [0.2, 0.25) is 0 Å². The van der Waals surface area contributed by atoms with Crippen molar-refractivity contribution in [2.24, 2.45) is 0 Å². The van der Waals surface area contributed by atoms with E-state index in [-0.39, 0.29) is 0 Å². The van der Waals surface area contributed by atoms with Crippen molar-refractivity contribution in [2.75, 3.05) is 0 Å². The van der Waals surface area contributed by atoms with E-state index in [4.69, 9.17) is 23.8 Å². The van der Waals surface area contributed by atoms with Gasteiger partial charge in [-0.2, -0.15) is 0 Å². The molecule has 57 heavy (non-hydrogen) atoms. The van der Waals surface area contributed by atoms with Crippen LogP contribution in [0.5, 0.6) is 0 Å². The monoisotopic (exact) mass is 730 g/mol. The van der Waals surface area contributed by atoms with Gasteiger partial charge in [0.1, 0.15) is 22.3 Å². The van der Waals surface area contributed by atoms with Crippen molar-refractivity contribution in [1.29, 1.82) is 0 Å². The lowest BCUT2D eigenvalue weighted by Crippen LogP contribution is -2.00. The summed E-state index contributed by atoms with van der Waals surface area (Å²) in [5, 5.41) is 6.57. The van der Waals surface area contributed by atoms with Gasteiger partial charge in [-0.1, -0.05) is 127 Å². The quantitative estimate of drug-likeness (QED) is 0.176. The SMILES string of the molecule is c1ccc(-c2cccc(-c3nc(-c4ccc5c(c4)oc4cccc(-n6c7ccccc7c7ccccc76)c45)nc(-c4cccc5c4oc4ccccc45)n3)c2)cc1. The first-order valence-electron chi connectivity index (χ1n) is 19.0. The van der Waals surface area contributed by atoms with Crippen LogP contribution < -0.4 is 0 Å². The summed E-state index contributed by atoms with van der Waals surface area (Å²) in [5.74, 6) is 1.64. The van der Waals surface area contributed by atoms with E-state index >= 15 is 0 Å². The standard InChI is InChI=1S/C51H30N4O2/c1-2-13-31(14-3-1)32-15-10-16-33(29-32)49-52-50(54-51(53-49)40-21-11-20-38-37-19-6-9-25-44(37)57-48(38)40)34-27-28-39-46(30-34)56-45-26-12-24-43(47(39)45)55-41-22-7-4-17-35(41)36-18-5-8-23-42(36)55/h1-30H. The minimum Gasteiger partial charge on any atom is -0.456 e. The predicted molar refractivity (Wildman–Crippen MR) is 230 cm³/mol. The molecule has 0 aliphatic carbocycles. The van der Waals surface area contributed by atoms with Crippen LogP contribution in [0.4, 0.5) is 0 Å². The van der Waals surface area contributed by atoms with Gasteiger partial charge in [-0.3, -0.25) is 0 Å². The molecule has 0 saturated carbocycles. The zero-order valence-corrected chi connectivity index (χ0v) is 30.4. The molecule has 0 fully saturated rings. The van der Waals surface area contributed by atoms with Gasteiger partial charge in [0.25, 0.3) is 0 Å². The molecule has 0 amide bonds. The minimum absolute atomic E-state index is 0.531. The summed E-state index contributed by atoms with van der Waals surface area (Å²) >= 11 is 0. The Morgan fingerprint density at radius 3 is 1.75 bits per heavy atom. The van der Waals surface area contributed by atoms with Crippen molar-refractivity contribution in [3.05, 3.63) is 182 Å². The Kier molecular flexibility index (Phi) is 6.83. The molecule has 0 radical (unpaired) electrons. The highest BCUT2D eigenvalue weighted by Crippen LogP contribution is 2.40. The summed E-state index contributed by atoms with van der Waals surface area (Å²) in [4.78, 5) is 15.4.